The number of halogens is 1. The number of hydrogen-bond donors (Lipinski definition) is 1. The topological polar surface area (TPSA) is 46.2 Å². The summed E-state index contributed by atoms with van der Waals surface area (Å²) in [6, 6.07) is 13.1. The summed E-state index contributed by atoms with van der Waals surface area (Å²) in [6.45, 7) is 0. The summed E-state index contributed by atoms with van der Waals surface area (Å²) in [7, 11) is 0. The van der Waals surface area contributed by atoms with Crippen molar-refractivity contribution in [1.29, 1.82) is 0 Å². The van der Waals surface area contributed by atoms with Crippen molar-refractivity contribution in [3.8, 4) is 10.4 Å². The van der Waals surface area contributed by atoms with E-state index in [9.17, 15) is 14.0 Å². The van der Waals surface area contributed by atoms with Gasteiger partial charge in [0.15, 0.2) is 5.78 Å². The van der Waals surface area contributed by atoms with Gasteiger partial charge in [0.25, 0.3) is 5.91 Å². The van der Waals surface area contributed by atoms with Crippen LogP contribution in [0.3, 0.4) is 0 Å². The quantitative estimate of drug-likeness (QED) is 0.727. The first kappa shape index (κ1) is 15.7. The highest BCUT2D eigenvalue weighted by molar-refractivity contribution is 7.13. The molecule has 3 aromatic rings. The Morgan fingerprint density at radius 3 is 2.56 bits per heavy atom. The number of thiophene rings is 1. The van der Waals surface area contributed by atoms with Gasteiger partial charge in [-0.3, -0.25) is 9.59 Å². The van der Waals surface area contributed by atoms with E-state index >= 15 is 0 Å². The van der Waals surface area contributed by atoms with Gasteiger partial charge in [-0.2, -0.15) is 0 Å². The number of benzene rings is 2. The second kappa shape index (κ2) is 6.26. The molecule has 3 nitrogen and oxygen atoms in total. The normalized spacial score (nSPS) is 12.9. The van der Waals surface area contributed by atoms with E-state index in [1.807, 2.05) is 23.6 Å². The molecule has 0 radical (unpaired) electrons. The molecule has 1 N–H and O–H groups in total. The Kier molecular flexibility index (Phi) is 3.93. The minimum atomic E-state index is -0.395. The molecule has 25 heavy (non-hydrogen) atoms. The summed E-state index contributed by atoms with van der Waals surface area (Å²) in [5.74, 6) is -0.707. The van der Waals surface area contributed by atoms with Crippen molar-refractivity contribution in [2.45, 2.75) is 12.8 Å². The zero-order valence-corrected chi connectivity index (χ0v) is 14.0. The number of nitrogens with one attached hydrogen (secondary N) is 1. The van der Waals surface area contributed by atoms with Crippen molar-refractivity contribution in [2.24, 2.45) is 0 Å². The SMILES string of the molecule is O=C(Nc1ccc(-c2cccs2)c2c1C(=O)CC2)c1ccc(F)cc1. The minimum absolute atomic E-state index is 0.0443. The summed E-state index contributed by atoms with van der Waals surface area (Å²) in [6.07, 6.45) is 1.14. The Labute approximate surface area is 148 Å². The fraction of sp³-hybridized carbons (Fsp3) is 0.100. The van der Waals surface area contributed by atoms with Crippen LogP contribution in [0.15, 0.2) is 53.9 Å². The van der Waals surface area contributed by atoms with E-state index in [0.29, 0.717) is 29.7 Å². The van der Waals surface area contributed by atoms with Crippen molar-refractivity contribution in [1.82, 2.24) is 0 Å². The van der Waals surface area contributed by atoms with Crippen LogP contribution in [0.1, 0.15) is 32.7 Å². The van der Waals surface area contributed by atoms with Crippen LogP contribution in [0.25, 0.3) is 10.4 Å². The van der Waals surface area contributed by atoms with E-state index in [0.717, 1.165) is 16.0 Å². The van der Waals surface area contributed by atoms with Gasteiger partial charge in [0.2, 0.25) is 0 Å². The second-order valence-corrected chi connectivity index (χ2v) is 6.82. The third-order valence-corrected chi connectivity index (χ3v) is 5.24. The molecule has 124 valence electrons. The van der Waals surface area contributed by atoms with E-state index in [2.05, 4.69) is 5.32 Å². The van der Waals surface area contributed by atoms with Gasteiger partial charge in [0.05, 0.1) is 5.69 Å². The monoisotopic (exact) mass is 351 g/mol. The molecule has 0 fully saturated rings. The molecule has 1 aliphatic carbocycles. The van der Waals surface area contributed by atoms with Crippen LogP contribution in [-0.2, 0) is 6.42 Å². The third kappa shape index (κ3) is 2.87. The fourth-order valence-electron chi connectivity index (χ4n) is 3.15. The Morgan fingerprint density at radius 1 is 1.04 bits per heavy atom. The van der Waals surface area contributed by atoms with Crippen LogP contribution >= 0.6 is 11.3 Å². The lowest BCUT2D eigenvalue weighted by molar-refractivity contribution is 0.0995. The molecule has 0 saturated carbocycles. The van der Waals surface area contributed by atoms with Crippen LogP contribution in [-0.4, -0.2) is 11.7 Å². The summed E-state index contributed by atoms with van der Waals surface area (Å²) < 4.78 is 13.0. The average Bonchev–Trinajstić information content (AvgIpc) is 3.26. The van der Waals surface area contributed by atoms with Gasteiger partial charge in [-0.25, -0.2) is 4.39 Å². The van der Waals surface area contributed by atoms with Crippen molar-refractivity contribution >= 4 is 28.7 Å². The summed E-state index contributed by atoms with van der Waals surface area (Å²) >= 11 is 1.63. The highest BCUT2D eigenvalue weighted by atomic mass is 32.1. The summed E-state index contributed by atoms with van der Waals surface area (Å²) in [5, 5.41) is 4.80. The number of Topliss-reactive ketones (excluding diaryl/α,β-unsaturated/α-hetero) is 1. The van der Waals surface area contributed by atoms with Crippen molar-refractivity contribution in [3.05, 3.63) is 76.4 Å². The number of amides is 1. The van der Waals surface area contributed by atoms with Crippen LogP contribution in [0.2, 0.25) is 0 Å². The van der Waals surface area contributed by atoms with E-state index in [-0.39, 0.29) is 11.7 Å². The highest BCUT2D eigenvalue weighted by Gasteiger charge is 2.27. The predicted octanol–water partition coefficient (Wildman–Crippen LogP) is 4.94. The first-order chi connectivity index (χ1) is 12.1. The van der Waals surface area contributed by atoms with E-state index in [1.165, 1.54) is 24.3 Å². The first-order valence-corrected chi connectivity index (χ1v) is 8.81. The third-order valence-electron chi connectivity index (χ3n) is 4.34. The van der Waals surface area contributed by atoms with Crippen LogP contribution in [0.4, 0.5) is 10.1 Å². The summed E-state index contributed by atoms with van der Waals surface area (Å²) in [4.78, 5) is 25.9. The number of carbonyl (C=O) groups excluding carboxylic acids is 2. The Bertz CT molecular complexity index is 962. The number of fused-ring (bicyclic) bond motifs is 1. The molecule has 1 amide bonds. The molecule has 0 aliphatic heterocycles. The molecule has 1 heterocycles. The molecule has 0 unspecified atom stereocenters. The molecule has 4 rings (SSSR count). The van der Waals surface area contributed by atoms with E-state index in [1.54, 1.807) is 17.4 Å². The first-order valence-electron chi connectivity index (χ1n) is 7.93. The van der Waals surface area contributed by atoms with Gasteiger partial charge in [0, 0.05) is 22.4 Å². The van der Waals surface area contributed by atoms with E-state index < -0.39 is 5.82 Å². The molecular weight excluding hydrogens is 337 g/mol. The molecule has 1 aliphatic rings. The standard InChI is InChI=1S/C20H14FNO2S/c21-13-5-3-12(4-6-13)20(24)22-16-9-7-14(18-2-1-11-25-18)15-8-10-17(23)19(15)16/h1-7,9,11H,8,10H2,(H,22,24). The molecule has 2 aromatic carbocycles. The number of rotatable bonds is 3. The number of hydrogen-bond acceptors (Lipinski definition) is 3. The maximum Gasteiger partial charge on any atom is 0.255 e. The van der Waals surface area contributed by atoms with Crippen LogP contribution in [0, 0.1) is 5.82 Å². The second-order valence-electron chi connectivity index (χ2n) is 5.88. The fourth-order valence-corrected chi connectivity index (χ4v) is 3.93. The molecular formula is C20H14FNO2S. The van der Waals surface area contributed by atoms with Gasteiger partial charge in [-0.05, 0) is 59.3 Å². The van der Waals surface area contributed by atoms with E-state index in [4.69, 9.17) is 0 Å². The number of carbonyl (C=O) groups is 2. The molecule has 0 bridgehead atoms. The van der Waals surface area contributed by atoms with Gasteiger partial charge in [-0.15, -0.1) is 11.3 Å². The Hall–Kier alpha value is -2.79. The lowest BCUT2D eigenvalue weighted by Crippen LogP contribution is -2.14. The maximum absolute atomic E-state index is 13.0. The lowest BCUT2D eigenvalue weighted by atomic mass is 10.00. The zero-order chi connectivity index (χ0) is 17.4. The molecule has 0 saturated heterocycles. The average molecular weight is 351 g/mol. The van der Waals surface area contributed by atoms with Crippen molar-refractivity contribution in [3.63, 3.8) is 0 Å². The Morgan fingerprint density at radius 2 is 1.84 bits per heavy atom. The van der Waals surface area contributed by atoms with Gasteiger partial charge in [0.1, 0.15) is 5.82 Å². The zero-order valence-electron chi connectivity index (χ0n) is 13.2. The molecule has 0 atom stereocenters. The van der Waals surface area contributed by atoms with Crippen LogP contribution < -0.4 is 5.32 Å². The maximum atomic E-state index is 13.0. The highest BCUT2D eigenvalue weighted by Crippen LogP contribution is 2.38. The molecule has 1 aromatic heterocycles. The van der Waals surface area contributed by atoms with Gasteiger partial charge >= 0.3 is 0 Å². The van der Waals surface area contributed by atoms with Crippen molar-refractivity contribution < 1.29 is 14.0 Å². The summed E-state index contributed by atoms with van der Waals surface area (Å²) in [5.41, 5.74) is 3.51. The van der Waals surface area contributed by atoms with Gasteiger partial charge in [-0.1, -0.05) is 12.1 Å². The minimum Gasteiger partial charge on any atom is -0.321 e. The number of ketones is 1. The predicted molar refractivity (Wildman–Crippen MR) is 96.8 cm³/mol. The van der Waals surface area contributed by atoms with Crippen molar-refractivity contribution in [2.75, 3.05) is 5.32 Å². The molecule has 0 spiro atoms. The Balaban J connectivity index is 1.71. The van der Waals surface area contributed by atoms with Gasteiger partial charge < -0.3 is 5.32 Å². The molecule has 5 heteroatoms. The number of anilines is 1. The van der Waals surface area contributed by atoms with Crippen LogP contribution in [0.5, 0.6) is 0 Å². The largest absolute Gasteiger partial charge is 0.321 e. The smallest absolute Gasteiger partial charge is 0.255 e. The lowest BCUT2D eigenvalue weighted by Gasteiger charge is -2.13.